The van der Waals surface area contributed by atoms with Crippen LogP contribution >= 0.6 is 11.6 Å². The van der Waals surface area contributed by atoms with E-state index >= 15 is 0 Å². The highest BCUT2D eigenvalue weighted by molar-refractivity contribution is 6.35. The zero-order valence-corrected chi connectivity index (χ0v) is 25.6. The number of methoxy groups -OCH3 is 2. The summed E-state index contributed by atoms with van der Waals surface area (Å²) in [5, 5.41) is 18.9. The first kappa shape index (κ1) is 32.7. The van der Waals surface area contributed by atoms with Crippen LogP contribution in [0, 0.1) is 16.0 Å². The second-order valence-corrected chi connectivity index (χ2v) is 10.3. The van der Waals surface area contributed by atoms with Gasteiger partial charge in [0.1, 0.15) is 18.0 Å². The number of nitrogens with zero attached hydrogens (tertiary/aromatic N) is 6. The second kappa shape index (κ2) is 14.5. The quantitative estimate of drug-likeness (QED) is 0.0869. The van der Waals surface area contributed by atoms with E-state index in [0.29, 0.717) is 41.0 Å². The number of aromatic amines is 1. The molecule has 0 aliphatic carbocycles. The number of aryl methyl sites for hydroxylation is 1. The molecule has 5 rings (SSSR count). The highest BCUT2D eigenvalue weighted by atomic mass is 35.5. The molecule has 4 aromatic rings. The minimum absolute atomic E-state index is 0.0280. The van der Waals surface area contributed by atoms with Gasteiger partial charge in [-0.25, -0.2) is 4.79 Å². The molecule has 1 fully saturated rings. The van der Waals surface area contributed by atoms with Gasteiger partial charge in [0.25, 0.3) is 11.6 Å². The molecule has 1 aliphatic rings. The summed E-state index contributed by atoms with van der Waals surface area (Å²) < 4.78 is 22.0. The highest BCUT2D eigenvalue weighted by Crippen LogP contribution is 2.31. The topological polar surface area (TPSA) is 189 Å². The number of rotatable bonds is 9. The maximum Gasteiger partial charge on any atom is 0.514 e. The monoisotopic (exact) mass is 642 g/mol. The lowest BCUT2D eigenvalue weighted by atomic mass is 10.1. The first-order valence-corrected chi connectivity index (χ1v) is 13.8. The molecule has 45 heavy (non-hydrogen) atoms. The lowest BCUT2D eigenvalue weighted by Gasteiger charge is -2.17. The molecular weight excluding hydrogens is 612 g/mol. The number of H-pyrrole nitrogens is 1. The van der Waals surface area contributed by atoms with Crippen LogP contribution in [-0.4, -0.2) is 86.6 Å². The Bertz CT molecular complexity index is 1690. The third kappa shape index (κ3) is 8.24. The molecule has 17 heteroatoms. The average molecular weight is 643 g/mol. The number of nitrogens with one attached hydrogen (secondary N) is 2. The summed E-state index contributed by atoms with van der Waals surface area (Å²) in [6.07, 6.45) is 4.10. The van der Waals surface area contributed by atoms with Crippen LogP contribution in [0.2, 0.25) is 5.02 Å². The Hall–Kier alpha value is -5.22. The Morgan fingerprint density at radius 1 is 1.22 bits per heavy atom. The van der Waals surface area contributed by atoms with E-state index in [1.807, 2.05) is 20.2 Å². The molecule has 3 aromatic heterocycles. The zero-order valence-electron chi connectivity index (χ0n) is 24.9. The van der Waals surface area contributed by atoms with Crippen LogP contribution in [-0.2, 0) is 21.3 Å². The largest absolute Gasteiger partial charge is 0.514 e. The van der Waals surface area contributed by atoms with Crippen molar-refractivity contribution in [2.75, 3.05) is 39.2 Å². The first-order chi connectivity index (χ1) is 21.5. The van der Waals surface area contributed by atoms with Crippen molar-refractivity contribution < 1.29 is 33.5 Å². The van der Waals surface area contributed by atoms with Gasteiger partial charge in [0, 0.05) is 63.3 Å². The number of ether oxygens (including phenoxy) is 4. The van der Waals surface area contributed by atoms with Crippen LogP contribution in [0.4, 0.5) is 22.1 Å². The minimum Gasteiger partial charge on any atom is -0.480 e. The number of halogens is 1. The number of carbonyl (C=O) groups is 2. The lowest BCUT2D eigenvalue weighted by molar-refractivity contribution is -0.384. The van der Waals surface area contributed by atoms with Crippen molar-refractivity contribution in [3.8, 4) is 11.6 Å². The molecule has 238 valence electrons. The number of amides is 1. The van der Waals surface area contributed by atoms with E-state index < -0.39 is 11.1 Å². The molecule has 2 unspecified atom stereocenters. The number of carbonyl (C=O) groups excluding carboxylic acids is 2. The smallest absolute Gasteiger partial charge is 0.480 e. The summed E-state index contributed by atoms with van der Waals surface area (Å²) in [7, 11) is 4.97. The summed E-state index contributed by atoms with van der Waals surface area (Å²) in [5.74, 6) is 0.830. The number of nitro groups is 1. The summed E-state index contributed by atoms with van der Waals surface area (Å²) >= 11 is 6.05. The molecule has 2 atom stereocenters. The van der Waals surface area contributed by atoms with Crippen LogP contribution in [0.1, 0.15) is 6.92 Å². The van der Waals surface area contributed by atoms with Crippen LogP contribution in [0.15, 0.2) is 55.0 Å². The van der Waals surface area contributed by atoms with Gasteiger partial charge >= 0.3 is 6.16 Å². The SMILES string of the molecule is C=C(COC(=O)Oc1ccc([N+](=O)[O-])cc1)C(=O)N1CC(C)C(OC)C1.COc1nc(Nc2cnn(C)c2)nc2[nH]cc(Cl)c12. The standard InChI is InChI=1S/C17H20N2O7.C11H11ClN6O/c1-11-8-18(9-15(11)24-3)16(20)12(2)10-25-17(21)26-14-6-4-13(5-7-14)19(22)23;1-18-5-6(3-14-18)15-11-16-9-8(7(12)4-13-9)10(17-11)19-2/h4-7,11,15H,2,8-10H2,1,3H3;3-5H,1-2H3,(H2,13,15,16,17). The fourth-order valence-electron chi connectivity index (χ4n) is 4.38. The maximum absolute atomic E-state index is 12.3. The number of nitro benzene ring substituents is 1. The van der Waals surface area contributed by atoms with Crippen molar-refractivity contribution >= 4 is 52.0 Å². The number of likely N-dealkylation sites (tertiary alicyclic amines) is 1. The maximum atomic E-state index is 12.3. The third-order valence-corrected chi connectivity index (χ3v) is 6.95. The van der Waals surface area contributed by atoms with Gasteiger partial charge in [-0.3, -0.25) is 19.6 Å². The number of non-ortho nitro benzene ring substituents is 1. The van der Waals surface area contributed by atoms with Crippen molar-refractivity contribution in [1.29, 1.82) is 0 Å². The molecule has 0 radical (unpaired) electrons. The minimum atomic E-state index is -1.03. The van der Waals surface area contributed by atoms with Gasteiger partial charge in [0.2, 0.25) is 11.8 Å². The number of hydrogen-bond donors (Lipinski definition) is 2. The zero-order chi connectivity index (χ0) is 32.7. The van der Waals surface area contributed by atoms with Gasteiger partial charge < -0.3 is 34.1 Å². The Morgan fingerprint density at radius 2 is 1.96 bits per heavy atom. The van der Waals surface area contributed by atoms with Crippen LogP contribution in [0.5, 0.6) is 11.6 Å². The normalized spacial score (nSPS) is 15.6. The van der Waals surface area contributed by atoms with Crippen molar-refractivity contribution in [3.05, 3.63) is 70.1 Å². The molecule has 1 saturated heterocycles. The van der Waals surface area contributed by atoms with E-state index in [4.69, 9.17) is 30.5 Å². The Morgan fingerprint density at radius 3 is 2.56 bits per heavy atom. The molecule has 1 aromatic carbocycles. The van der Waals surface area contributed by atoms with Crippen molar-refractivity contribution in [2.24, 2.45) is 13.0 Å². The Kier molecular flexibility index (Phi) is 10.5. The van der Waals surface area contributed by atoms with Gasteiger partial charge in [-0.05, 0) is 12.1 Å². The fourth-order valence-corrected chi connectivity index (χ4v) is 4.61. The number of benzene rings is 1. The van der Waals surface area contributed by atoms with E-state index in [9.17, 15) is 19.7 Å². The van der Waals surface area contributed by atoms with Gasteiger partial charge in [-0.15, -0.1) is 0 Å². The van der Waals surface area contributed by atoms with Crippen molar-refractivity contribution in [1.82, 2.24) is 29.6 Å². The van der Waals surface area contributed by atoms with Crippen LogP contribution in [0.3, 0.4) is 0 Å². The summed E-state index contributed by atoms with van der Waals surface area (Å²) in [6.45, 7) is 6.33. The summed E-state index contributed by atoms with van der Waals surface area (Å²) in [6, 6.07) is 4.95. The van der Waals surface area contributed by atoms with E-state index in [-0.39, 0.29) is 41.5 Å². The van der Waals surface area contributed by atoms with E-state index in [1.165, 1.54) is 24.3 Å². The summed E-state index contributed by atoms with van der Waals surface area (Å²) in [5.41, 5.74) is 1.40. The molecule has 0 bridgehead atoms. The fraction of sp³-hybridized carbons (Fsp3) is 0.321. The number of aromatic nitrogens is 5. The van der Waals surface area contributed by atoms with Crippen LogP contribution < -0.4 is 14.8 Å². The van der Waals surface area contributed by atoms with Crippen molar-refractivity contribution in [2.45, 2.75) is 13.0 Å². The molecule has 2 N–H and O–H groups in total. The van der Waals surface area contributed by atoms with E-state index in [2.05, 4.69) is 31.9 Å². The average Bonchev–Trinajstić information content (AvgIpc) is 3.73. The van der Waals surface area contributed by atoms with Crippen LogP contribution in [0.25, 0.3) is 11.0 Å². The molecule has 16 nitrogen and oxygen atoms in total. The summed E-state index contributed by atoms with van der Waals surface area (Å²) in [4.78, 5) is 47.1. The number of fused-ring (bicyclic) bond motifs is 1. The number of anilines is 2. The predicted molar refractivity (Wildman–Crippen MR) is 163 cm³/mol. The van der Waals surface area contributed by atoms with Gasteiger partial charge in [-0.1, -0.05) is 25.1 Å². The van der Waals surface area contributed by atoms with E-state index in [0.717, 1.165) is 5.69 Å². The van der Waals surface area contributed by atoms with Gasteiger partial charge in [0.05, 0.1) is 40.4 Å². The third-order valence-electron chi connectivity index (χ3n) is 6.65. The Balaban J connectivity index is 0.000000214. The first-order valence-electron chi connectivity index (χ1n) is 13.4. The predicted octanol–water partition coefficient (Wildman–Crippen LogP) is 4.26. The number of hydrogen-bond acceptors (Lipinski definition) is 12. The van der Waals surface area contributed by atoms with Gasteiger partial charge in [-0.2, -0.15) is 15.1 Å². The molecular formula is C28H31ClN8O8. The molecule has 0 saturated carbocycles. The molecule has 0 spiro atoms. The molecule has 1 aliphatic heterocycles. The lowest BCUT2D eigenvalue weighted by Crippen LogP contribution is -2.32. The van der Waals surface area contributed by atoms with Gasteiger partial charge in [0.15, 0.2) is 0 Å². The Labute approximate surface area is 262 Å². The van der Waals surface area contributed by atoms with Crippen molar-refractivity contribution in [3.63, 3.8) is 0 Å². The molecule has 4 heterocycles. The highest BCUT2D eigenvalue weighted by Gasteiger charge is 2.33. The van der Waals surface area contributed by atoms with E-state index in [1.54, 1.807) is 36.2 Å². The second-order valence-electron chi connectivity index (χ2n) is 9.90. The molecule has 1 amide bonds.